The van der Waals surface area contributed by atoms with Crippen LogP contribution in [0.4, 0.5) is 5.69 Å². The van der Waals surface area contributed by atoms with E-state index in [1.54, 1.807) is 11.1 Å². The highest BCUT2D eigenvalue weighted by molar-refractivity contribution is 6.34. The number of imidazole rings is 1. The number of halogens is 1. The summed E-state index contributed by atoms with van der Waals surface area (Å²) >= 11 is 6.61. The Kier molecular flexibility index (Phi) is 6.42. The average Bonchev–Trinajstić information content (AvgIpc) is 3.55. The number of ether oxygens (including phenoxy) is 1. The third kappa shape index (κ3) is 4.60. The lowest BCUT2D eigenvalue weighted by atomic mass is 9.87. The van der Waals surface area contributed by atoms with Crippen molar-refractivity contribution >= 4 is 34.4 Å². The minimum Gasteiger partial charge on any atom is -0.492 e. The molecule has 2 bridgehead atoms. The number of allylic oxidation sites excluding steroid dienone is 1. The van der Waals surface area contributed by atoms with E-state index in [9.17, 15) is 4.79 Å². The molecule has 184 valence electrons. The van der Waals surface area contributed by atoms with Crippen molar-refractivity contribution in [2.75, 3.05) is 46.7 Å². The predicted molar refractivity (Wildman–Crippen MR) is 139 cm³/mol. The van der Waals surface area contributed by atoms with Crippen LogP contribution in [-0.2, 0) is 4.79 Å². The van der Waals surface area contributed by atoms with E-state index < -0.39 is 0 Å². The first-order valence-corrected chi connectivity index (χ1v) is 12.3. The van der Waals surface area contributed by atoms with Gasteiger partial charge in [-0.05, 0) is 56.6 Å². The molecule has 3 aromatic rings. The Morgan fingerprint density at radius 2 is 1.91 bits per heavy atom. The van der Waals surface area contributed by atoms with Gasteiger partial charge in [-0.3, -0.25) is 4.79 Å². The maximum absolute atomic E-state index is 13.0. The molecule has 2 aliphatic carbocycles. The SMILES string of the molecule is CN(C)CCOc1ccc(-c2nc3c(N[C@H]4[C@@H](C(=O)N(C)C)[C@@H]5C=C[C@H]4C5)c(Cl)cnc3[nH]2)cc1. The largest absolute Gasteiger partial charge is 0.492 e. The van der Waals surface area contributed by atoms with Gasteiger partial charge in [0.1, 0.15) is 23.7 Å². The lowest BCUT2D eigenvalue weighted by molar-refractivity contribution is -0.133. The molecule has 0 saturated heterocycles. The lowest BCUT2D eigenvalue weighted by Gasteiger charge is -2.31. The first-order chi connectivity index (χ1) is 16.8. The Morgan fingerprint density at radius 3 is 2.63 bits per heavy atom. The lowest BCUT2D eigenvalue weighted by Crippen LogP contribution is -2.43. The number of aromatic amines is 1. The number of H-pyrrole nitrogens is 1. The van der Waals surface area contributed by atoms with E-state index in [0.717, 1.165) is 24.3 Å². The molecule has 2 heterocycles. The summed E-state index contributed by atoms with van der Waals surface area (Å²) in [6.45, 7) is 1.48. The van der Waals surface area contributed by atoms with Crippen molar-refractivity contribution in [1.82, 2.24) is 24.8 Å². The van der Waals surface area contributed by atoms with Gasteiger partial charge in [-0.1, -0.05) is 23.8 Å². The van der Waals surface area contributed by atoms with Crippen LogP contribution >= 0.6 is 11.6 Å². The van der Waals surface area contributed by atoms with E-state index in [1.165, 1.54) is 0 Å². The second-order valence-electron chi connectivity index (χ2n) is 9.82. The van der Waals surface area contributed by atoms with Gasteiger partial charge >= 0.3 is 0 Å². The summed E-state index contributed by atoms with van der Waals surface area (Å²) in [5.41, 5.74) is 2.95. The van der Waals surface area contributed by atoms with Crippen LogP contribution in [0.2, 0.25) is 5.02 Å². The zero-order valence-electron chi connectivity index (χ0n) is 20.5. The molecule has 1 saturated carbocycles. The molecule has 0 aliphatic heterocycles. The molecule has 5 rings (SSSR count). The molecular weight excluding hydrogens is 464 g/mol. The van der Waals surface area contributed by atoms with Crippen LogP contribution in [-0.4, -0.2) is 78.0 Å². The zero-order valence-corrected chi connectivity index (χ0v) is 21.2. The molecule has 2 aliphatic rings. The van der Waals surface area contributed by atoms with Crippen LogP contribution < -0.4 is 10.1 Å². The number of rotatable bonds is 8. The Hall–Kier alpha value is -3.10. The summed E-state index contributed by atoms with van der Waals surface area (Å²) in [4.78, 5) is 29.3. The normalized spacial score (nSPS) is 22.8. The van der Waals surface area contributed by atoms with Gasteiger partial charge in [-0.2, -0.15) is 0 Å². The molecule has 1 fully saturated rings. The van der Waals surface area contributed by atoms with Crippen molar-refractivity contribution in [1.29, 1.82) is 0 Å². The molecule has 4 atom stereocenters. The molecule has 2 aromatic heterocycles. The van der Waals surface area contributed by atoms with Crippen molar-refractivity contribution in [3.05, 3.63) is 47.6 Å². The standard InChI is InChI=1S/C26H31ClN6O2/c1-32(2)11-12-35-18-9-7-15(8-10-18)24-30-23-22(19(27)14-28-25(23)31-24)29-21-17-6-5-16(13-17)20(21)26(34)33(3)4/h5-10,14,16-17,20-21H,11-13H2,1-4H3,(H2,28,29,30,31)/t16-,17+,20+,21-/m1/s1. The molecule has 0 radical (unpaired) electrons. The van der Waals surface area contributed by atoms with Crippen molar-refractivity contribution in [3.8, 4) is 17.1 Å². The van der Waals surface area contributed by atoms with Gasteiger partial charge in [-0.25, -0.2) is 9.97 Å². The topological polar surface area (TPSA) is 86.4 Å². The van der Waals surface area contributed by atoms with Gasteiger partial charge in [0.2, 0.25) is 5.91 Å². The molecule has 9 heteroatoms. The highest BCUT2D eigenvalue weighted by atomic mass is 35.5. The summed E-state index contributed by atoms with van der Waals surface area (Å²) in [6.07, 6.45) is 7.00. The summed E-state index contributed by atoms with van der Waals surface area (Å²) in [6, 6.07) is 7.79. The van der Waals surface area contributed by atoms with Crippen molar-refractivity contribution < 1.29 is 9.53 Å². The van der Waals surface area contributed by atoms with Crippen LogP contribution in [0.3, 0.4) is 0 Å². The first kappa shape index (κ1) is 23.6. The number of pyridine rings is 1. The smallest absolute Gasteiger partial charge is 0.227 e. The molecule has 1 amide bonds. The van der Waals surface area contributed by atoms with E-state index in [1.807, 2.05) is 52.5 Å². The fraction of sp³-hybridized carbons (Fsp3) is 0.423. The van der Waals surface area contributed by atoms with Crippen molar-refractivity contribution in [2.45, 2.75) is 12.5 Å². The van der Waals surface area contributed by atoms with E-state index >= 15 is 0 Å². The Labute approximate surface area is 210 Å². The number of amides is 1. The number of hydrogen-bond donors (Lipinski definition) is 2. The monoisotopic (exact) mass is 494 g/mol. The van der Waals surface area contributed by atoms with Crippen molar-refractivity contribution in [2.24, 2.45) is 17.8 Å². The van der Waals surface area contributed by atoms with Gasteiger partial charge in [0.25, 0.3) is 0 Å². The van der Waals surface area contributed by atoms with Crippen LogP contribution in [0.1, 0.15) is 6.42 Å². The quantitative estimate of drug-likeness (QED) is 0.462. The van der Waals surface area contributed by atoms with Crippen molar-refractivity contribution in [3.63, 3.8) is 0 Å². The van der Waals surface area contributed by atoms with Crippen LogP contribution in [0, 0.1) is 17.8 Å². The molecule has 0 unspecified atom stereocenters. The summed E-state index contributed by atoms with van der Waals surface area (Å²) in [5.74, 6) is 2.06. The molecule has 35 heavy (non-hydrogen) atoms. The highest BCUT2D eigenvalue weighted by Gasteiger charge is 2.49. The minimum atomic E-state index is -0.127. The number of carbonyl (C=O) groups is 1. The van der Waals surface area contributed by atoms with Crippen LogP contribution in [0.25, 0.3) is 22.6 Å². The number of aromatic nitrogens is 3. The summed E-state index contributed by atoms with van der Waals surface area (Å²) in [5, 5.41) is 4.09. The van der Waals surface area contributed by atoms with E-state index in [2.05, 4.69) is 32.3 Å². The predicted octanol–water partition coefficient (Wildman–Crippen LogP) is 3.91. The fourth-order valence-corrected chi connectivity index (χ4v) is 5.27. The zero-order chi connectivity index (χ0) is 24.7. The number of hydrogen-bond acceptors (Lipinski definition) is 6. The molecule has 0 spiro atoms. The second kappa shape index (κ2) is 9.51. The summed E-state index contributed by atoms with van der Waals surface area (Å²) in [7, 11) is 7.66. The third-order valence-electron chi connectivity index (χ3n) is 6.90. The number of carbonyl (C=O) groups excluding carboxylic acids is 1. The number of likely N-dealkylation sites (N-methyl/N-ethyl adjacent to an activating group) is 1. The molecular formula is C26H31ClN6O2. The van der Waals surface area contributed by atoms with E-state index in [4.69, 9.17) is 21.3 Å². The van der Waals surface area contributed by atoms with Crippen LogP contribution in [0.5, 0.6) is 5.75 Å². The van der Waals surface area contributed by atoms with Crippen LogP contribution in [0.15, 0.2) is 42.6 Å². The molecule has 8 nitrogen and oxygen atoms in total. The highest BCUT2D eigenvalue weighted by Crippen LogP contribution is 2.46. The Morgan fingerprint density at radius 1 is 1.17 bits per heavy atom. The van der Waals surface area contributed by atoms with Gasteiger partial charge in [0.15, 0.2) is 5.65 Å². The number of anilines is 1. The number of benzene rings is 1. The first-order valence-electron chi connectivity index (χ1n) is 11.9. The minimum absolute atomic E-state index is 0.0400. The number of fused-ring (bicyclic) bond motifs is 3. The Balaban J connectivity index is 1.41. The Bertz CT molecular complexity index is 1250. The van der Waals surface area contributed by atoms with Gasteiger partial charge in [0, 0.05) is 32.2 Å². The maximum atomic E-state index is 13.0. The summed E-state index contributed by atoms with van der Waals surface area (Å²) < 4.78 is 5.80. The maximum Gasteiger partial charge on any atom is 0.227 e. The number of nitrogens with zero attached hydrogens (tertiary/aromatic N) is 4. The van der Waals surface area contributed by atoms with Gasteiger partial charge in [0.05, 0.1) is 22.8 Å². The molecule has 2 N–H and O–H groups in total. The van der Waals surface area contributed by atoms with Gasteiger partial charge < -0.3 is 24.8 Å². The third-order valence-corrected chi connectivity index (χ3v) is 7.19. The average molecular weight is 495 g/mol. The van der Waals surface area contributed by atoms with Gasteiger partial charge in [-0.15, -0.1) is 0 Å². The number of nitrogens with one attached hydrogen (secondary N) is 2. The fourth-order valence-electron chi connectivity index (χ4n) is 5.08. The molecule has 1 aromatic carbocycles. The van der Waals surface area contributed by atoms with E-state index in [-0.39, 0.29) is 29.7 Å². The second-order valence-corrected chi connectivity index (χ2v) is 10.2. The van der Waals surface area contributed by atoms with E-state index in [0.29, 0.717) is 34.3 Å².